The van der Waals surface area contributed by atoms with Crippen molar-refractivity contribution in [3.63, 3.8) is 0 Å². The van der Waals surface area contributed by atoms with Crippen LogP contribution in [0, 0.1) is 0 Å². The number of carbonyl (C=O) groups is 1. The zero-order valence-electron chi connectivity index (χ0n) is 15.3. The van der Waals surface area contributed by atoms with E-state index < -0.39 is 0 Å². The van der Waals surface area contributed by atoms with Gasteiger partial charge >= 0.3 is 0 Å². The summed E-state index contributed by atoms with van der Waals surface area (Å²) in [5, 5.41) is 10.2. The first-order chi connectivity index (χ1) is 12.7. The highest BCUT2D eigenvalue weighted by atomic mass is 16.5. The third-order valence-corrected chi connectivity index (χ3v) is 5.05. The number of aromatic amines is 1. The van der Waals surface area contributed by atoms with Crippen LogP contribution < -0.4 is 15.0 Å². The highest BCUT2D eigenvalue weighted by molar-refractivity contribution is 5.92. The number of hydrogen-bond donors (Lipinski definition) is 2. The minimum atomic E-state index is -0.0385. The Kier molecular flexibility index (Phi) is 4.82. The molecule has 1 aliphatic heterocycles. The van der Waals surface area contributed by atoms with Crippen LogP contribution in [0.15, 0.2) is 24.3 Å². The number of benzene rings is 1. The van der Waals surface area contributed by atoms with Gasteiger partial charge in [-0.25, -0.2) is 0 Å². The maximum atomic E-state index is 12.5. The second-order valence-corrected chi connectivity index (χ2v) is 7.13. The van der Waals surface area contributed by atoms with Gasteiger partial charge in [-0.1, -0.05) is 6.07 Å². The smallest absolute Gasteiger partial charge is 0.230 e. The van der Waals surface area contributed by atoms with E-state index in [0.717, 1.165) is 35.8 Å². The van der Waals surface area contributed by atoms with E-state index in [9.17, 15) is 4.79 Å². The second kappa shape index (κ2) is 7.40. The van der Waals surface area contributed by atoms with Gasteiger partial charge in [0.15, 0.2) is 5.82 Å². The maximum absolute atomic E-state index is 12.5. The summed E-state index contributed by atoms with van der Waals surface area (Å²) in [5.41, 5.74) is 3.27. The van der Waals surface area contributed by atoms with Gasteiger partial charge in [-0.05, 0) is 44.2 Å². The van der Waals surface area contributed by atoms with Crippen molar-refractivity contribution >= 4 is 17.4 Å². The Morgan fingerprint density at radius 1 is 1.31 bits per heavy atom. The molecule has 4 rings (SSSR count). The Hall–Kier alpha value is -2.50. The number of amides is 1. The first kappa shape index (κ1) is 16.9. The van der Waals surface area contributed by atoms with Crippen molar-refractivity contribution < 1.29 is 9.53 Å². The van der Waals surface area contributed by atoms with Gasteiger partial charge in [0.2, 0.25) is 5.91 Å². The predicted octanol–water partition coefficient (Wildman–Crippen LogP) is 3.47. The molecule has 0 radical (unpaired) electrons. The summed E-state index contributed by atoms with van der Waals surface area (Å²) < 4.78 is 5.65. The molecule has 0 unspecified atom stereocenters. The molecule has 0 spiro atoms. The van der Waals surface area contributed by atoms with Crippen LogP contribution in [0.3, 0.4) is 0 Å². The van der Waals surface area contributed by atoms with E-state index in [-0.39, 0.29) is 5.91 Å². The molecule has 1 aromatic carbocycles. The molecule has 0 bridgehead atoms. The number of hydrogen-bond acceptors (Lipinski definition) is 4. The molecule has 26 heavy (non-hydrogen) atoms. The first-order valence-corrected chi connectivity index (χ1v) is 9.58. The van der Waals surface area contributed by atoms with Crippen molar-refractivity contribution in [1.82, 2.24) is 10.2 Å². The topological polar surface area (TPSA) is 70.2 Å². The van der Waals surface area contributed by atoms with E-state index in [0.29, 0.717) is 24.8 Å². The monoisotopic (exact) mass is 354 g/mol. The molecule has 6 nitrogen and oxygen atoms in total. The van der Waals surface area contributed by atoms with Gasteiger partial charge in [-0.3, -0.25) is 9.89 Å². The number of nitrogens with zero attached hydrogens (tertiary/aromatic N) is 2. The quantitative estimate of drug-likeness (QED) is 0.799. The molecule has 2 N–H and O–H groups in total. The highest BCUT2D eigenvalue weighted by Crippen LogP contribution is 2.39. The molecule has 138 valence electrons. The molecule has 2 aromatic rings. The largest absolute Gasteiger partial charge is 0.494 e. The summed E-state index contributed by atoms with van der Waals surface area (Å²) in [6.07, 6.45) is 5.15. The minimum Gasteiger partial charge on any atom is -0.494 e. The fourth-order valence-corrected chi connectivity index (χ4v) is 3.57. The predicted molar refractivity (Wildman–Crippen MR) is 102 cm³/mol. The highest BCUT2D eigenvalue weighted by Gasteiger charge is 2.26. The van der Waals surface area contributed by atoms with Gasteiger partial charge in [0.05, 0.1) is 13.0 Å². The van der Waals surface area contributed by atoms with E-state index in [1.165, 1.54) is 25.7 Å². The van der Waals surface area contributed by atoms with Gasteiger partial charge in [-0.15, -0.1) is 0 Å². The van der Waals surface area contributed by atoms with Crippen molar-refractivity contribution in [1.29, 1.82) is 0 Å². The number of carbonyl (C=O) groups excluding carboxylic acids is 1. The van der Waals surface area contributed by atoms with Crippen LogP contribution in [0.25, 0.3) is 0 Å². The molecule has 2 heterocycles. The summed E-state index contributed by atoms with van der Waals surface area (Å²) in [7, 11) is 0. The van der Waals surface area contributed by atoms with Crippen LogP contribution in [0.4, 0.5) is 11.5 Å². The number of H-pyrrole nitrogens is 1. The lowest BCUT2D eigenvalue weighted by Gasteiger charge is -2.22. The molecular weight excluding hydrogens is 328 g/mol. The van der Waals surface area contributed by atoms with Gasteiger partial charge in [0.1, 0.15) is 5.75 Å². The van der Waals surface area contributed by atoms with Crippen molar-refractivity contribution in [2.75, 3.05) is 29.9 Å². The Bertz CT molecular complexity index is 776. The molecule has 2 aliphatic rings. The zero-order valence-corrected chi connectivity index (χ0v) is 15.3. The lowest BCUT2D eigenvalue weighted by molar-refractivity contribution is -0.115. The molecule has 1 saturated carbocycles. The molecule has 1 amide bonds. The van der Waals surface area contributed by atoms with E-state index in [1.54, 1.807) is 0 Å². The lowest BCUT2D eigenvalue weighted by Crippen LogP contribution is -2.22. The normalized spacial score (nSPS) is 16.7. The Morgan fingerprint density at radius 2 is 2.12 bits per heavy atom. The number of nitrogens with one attached hydrogen (secondary N) is 2. The average Bonchev–Trinajstić information content (AvgIpc) is 3.14. The summed E-state index contributed by atoms with van der Waals surface area (Å²) in [6, 6.07) is 7.98. The summed E-state index contributed by atoms with van der Waals surface area (Å²) >= 11 is 0. The molecule has 1 saturated heterocycles. The molecule has 0 atom stereocenters. The van der Waals surface area contributed by atoms with Crippen molar-refractivity contribution in [2.24, 2.45) is 0 Å². The minimum absolute atomic E-state index is 0.0385. The van der Waals surface area contributed by atoms with Crippen molar-refractivity contribution in [2.45, 2.75) is 44.9 Å². The van der Waals surface area contributed by atoms with Gasteiger partial charge in [0, 0.05) is 42.5 Å². The van der Waals surface area contributed by atoms with Crippen molar-refractivity contribution in [3.05, 3.63) is 35.5 Å². The first-order valence-electron chi connectivity index (χ1n) is 9.58. The van der Waals surface area contributed by atoms with Gasteiger partial charge in [0.25, 0.3) is 0 Å². The third kappa shape index (κ3) is 3.84. The van der Waals surface area contributed by atoms with Crippen LogP contribution in [0.5, 0.6) is 5.75 Å². The molecular formula is C20H26N4O2. The van der Waals surface area contributed by atoms with Crippen LogP contribution >= 0.6 is 0 Å². The van der Waals surface area contributed by atoms with E-state index >= 15 is 0 Å². The fourth-order valence-electron chi connectivity index (χ4n) is 3.57. The van der Waals surface area contributed by atoms with Gasteiger partial charge in [-0.2, -0.15) is 5.10 Å². The fraction of sp³-hybridized carbons (Fsp3) is 0.500. The van der Waals surface area contributed by atoms with Crippen LogP contribution in [-0.2, 0) is 11.2 Å². The second-order valence-electron chi connectivity index (χ2n) is 7.13. The van der Waals surface area contributed by atoms with E-state index in [1.807, 2.05) is 25.1 Å². The molecule has 1 aliphatic carbocycles. The maximum Gasteiger partial charge on any atom is 0.230 e. The number of ether oxygens (including phenoxy) is 1. The number of anilines is 2. The summed E-state index contributed by atoms with van der Waals surface area (Å²) in [6.45, 7) is 4.70. The average molecular weight is 354 g/mol. The SMILES string of the molecule is CCOc1ccc(CC(=O)Nc2cc(C3CC3)[nH]n2)c(N2CCCC2)c1. The van der Waals surface area contributed by atoms with Gasteiger partial charge < -0.3 is 15.0 Å². The standard InChI is InChI=1S/C20H26N4O2/c1-2-26-16-8-7-15(18(12-16)24-9-3-4-10-24)11-20(25)21-19-13-17(22-23-19)14-5-6-14/h7-8,12-14H,2-6,9-11H2,1H3,(H2,21,22,23,25). The molecule has 6 heteroatoms. The lowest BCUT2D eigenvalue weighted by atomic mass is 10.1. The van der Waals surface area contributed by atoms with Crippen molar-refractivity contribution in [3.8, 4) is 5.75 Å². The van der Waals surface area contributed by atoms with E-state index in [2.05, 4.69) is 26.5 Å². The van der Waals surface area contributed by atoms with E-state index in [4.69, 9.17) is 4.74 Å². The Balaban J connectivity index is 1.47. The van der Waals surface area contributed by atoms with Crippen LogP contribution in [0.1, 0.15) is 49.8 Å². The summed E-state index contributed by atoms with van der Waals surface area (Å²) in [4.78, 5) is 14.9. The third-order valence-electron chi connectivity index (χ3n) is 5.05. The Morgan fingerprint density at radius 3 is 2.85 bits per heavy atom. The Labute approximate surface area is 153 Å². The number of aromatic nitrogens is 2. The van der Waals surface area contributed by atoms with Crippen LogP contribution in [0.2, 0.25) is 0 Å². The summed E-state index contributed by atoms with van der Waals surface area (Å²) in [5.74, 6) is 2.04. The molecule has 1 aromatic heterocycles. The molecule has 2 fully saturated rings. The van der Waals surface area contributed by atoms with Crippen LogP contribution in [-0.4, -0.2) is 35.8 Å². The zero-order chi connectivity index (χ0) is 17.9. The number of rotatable bonds is 7.